The largest absolute Gasteiger partial charge is 0.349 e. The zero-order chi connectivity index (χ0) is 14.4. The zero-order valence-corrected chi connectivity index (χ0v) is 12.9. The normalized spacial score (nSPS) is 11.8. The first-order chi connectivity index (χ1) is 9.62. The van der Waals surface area contributed by atoms with Gasteiger partial charge in [-0.25, -0.2) is 18.1 Å². The van der Waals surface area contributed by atoms with Gasteiger partial charge in [0.2, 0.25) is 10.0 Å². The molecule has 0 aliphatic heterocycles. The van der Waals surface area contributed by atoms with Gasteiger partial charge in [-0.2, -0.15) is 0 Å². The Morgan fingerprint density at radius 3 is 3.00 bits per heavy atom. The Bertz CT molecular complexity index is 620. The van der Waals surface area contributed by atoms with E-state index in [1.807, 2.05) is 7.05 Å². The lowest BCUT2D eigenvalue weighted by atomic mass is 10.3. The van der Waals surface area contributed by atoms with Crippen molar-refractivity contribution in [2.75, 3.05) is 13.6 Å². The molecule has 2 aromatic heterocycles. The lowest BCUT2D eigenvalue weighted by molar-refractivity contribution is 0.578. The van der Waals surface area contributed by atoms with Gasteiger partial charge >= 0.3 is 0 Å². The van der Waals surface area contributed by atoms with E-state index >= 15 is 0 Å². The molecule has 2 rings (SSSR count). The van der Waals surface area contributed by atoms with E-state index in [0.29, 0.717) is 24.4 Å². The summed E-state index contributed by atoms with van der Waals surface area (Å²) in [5.74, 6) is 0.871. The van der Waals surface area contributed by atoms with Crippen LogP contribution in [-0.2, 0) is 23.0 Å². The van der Waals surface area contributed by atoms with Crippen LogP contribution in [0.1, 0.15) is 17.1 Å². The lowest BCUT2D eigenvalue weighted by Gasteiger charge is -2.04. The molecular weight excluding hydrogens is 296 g/mol. The first-order valence-electron chi connectivity index (χ1n) is 6.32. The maximum atomic E-state index is 12.1. The molecule has 0 spiro atoms. The molecule has 2 heterocycles. The van der Waals surface area contributed by atoms with Gasteiger partial charge in [0.1, 0.15) is 5.82 Å². The Morgan fingerprint density at radius 1 is 1.45 bits per heavy atom. The highest BCUT2D eigenvalue weighted by molar-refractivity contribution is 7.89. The van der Waals surface area contributed by atoms with E-state index in [1.54, 1.807) is 23.8 Å². The fourth-order valence-electron chi connectivity index (χ4n) is 1.75. The van der Waals surface area contributed by atoms with Crippen molar-refractivity contribution in [3.8, 4) is 0 Å². The van der Waals surface area contributed by atoms with E-state index in [0.717, 1.165) is 17.1 Å². The van der Waals surface area contributed by atoms with Crippen molar-refractivity contribution < 1.29 is 8.42 Å². The monoisotopic (exact) mass is 314 g/mol. The minimum Gasteiger partial charge on any atom is -0.349 e. The Labute approximate surface area is 122 Å². The van der Waals surface area contributed by atoms with Crippen molar-refractivity contribution in [3.05, 3.63) is 34.5 Å². The highest BCUT2D eigenvalue weighted by atomic mass is 32.2. The Kier molecular flexibility index (Phi) is 5.30. The summed E-state index contributed by atoms with van der Waals surface area (Å²) in [5.41, 5.74) is 0. The number of aryl methyl sites for hydroxylation is 1. The van der Waals surface area contributed by atoms with Crippen LogP contribution in [0, 0.1) is 0 Å². The molecule has 0 aromatic carbocycles. The number of imidazole rings is 1. The predicted octanol–water partition coefficient (Wildman–Crippen LogP) is 1.10. The second-order valence-electron chi connectivity index (χ2n) is 4.32. The van der Waals surface area contributed by atoms with Crippen molar-refractivity contribution in [2.45, 2.75) is 24.3 Å². The van der Waals surface area contributed by atoms with Crippen LogP contribution in [-0.4, -0.2) is 32.0 Å². The molecule has 3 N–H and O–H groups in total. The van der Waals surface area contributed by atoms with Crippen molar-refractivity contribution in [3.63, 3.8) is 0 Å². The highest BCUT2D eigenvalue weighted by Crippen LogP contribution is 2.18. The number of aromatic amines is 1. The molecule has 0 aliphatic carbocycles. The molecule has 0 fully saturated rings. The number of sulfonamides is 1. The van der Waals surface area contributed by atoms with Gasteiger partial charge in [-0.3, -0.25) is 0 Å². The van der Waals surface area contributed by atoms with Crippen LogP contribution in [0.3, 0.4) is 0 Å². The Hall–Kier alpha value is -1.22. The predicted molar refractivity (Wildman–Crippen MR) is 79.2 cm³/mol. The fraction of sp³-hybridized carbons (Fsp3) is 0.417. The number of thiophene rings is 1. The smallest absolute Gasteiger partial charge is 0.241 e. The van der Waals surface area contributed by atoms with Gasteiger partial charge in [-0.1, -0.05) is 0 Å². The van der Waals surface area contributed by atoms with Gasteiger partial charge in [0, 0.05) is 42.2 Å². The summed E-state index contributed by atoms with van der Waals surface area (Å²) in [6.45, 7) is 1.08. The third-order valence-corrected chi connectivity index (χ3v) is 5.25. The van der Waals surface area contributed by atoms with Crippen LogP contribution in [0.15, 0.2) is 28.7 Å². The van der Waals surface area contributed by atoms with E-state index in [-0.39, 0.29) is 0 Å². The van der Waals surface area contributed by atoms with Crippen LogP contribution in [0.4, 0.5) is 0 Å². The molecule has 6 nitrogen and oxygen atoms in total. The molecule has 20 heavy (non-hydrogen) atoms. The number of nitrogens with zero attached hydrogens (tertiary/aromatic N) is 1. The molecule has 0 bridgehead atoms. The Morgan fingerprint density at radius 2 is 2.30 bits per heavy atom. The van der Waals surface area contributed by atoms with Gasteiger partial charge in [0.15, 0.2) is 0 Å². The molecule has 0 amide bonds. The van der Waals surface area contributed by atoms with E-state index in [4.69, 9.17) is 0 Å². The second kappa shape index (κ2) is 6.98. The Balaban J connectivity index is 1.83. The van der Waals surface area contributed by atoms with E-state index in [1.165, 1.54) is 11.3 Å². The van der Waals surface area contributed by atoms with E-state index in [2.05, 4.69) is 20.0 Å². The lowest BCUT2D eigenvalue weighted by Crippen LogP contribution is -2.24. The van der Waals surface area contributed by atoms with Gasteiger partial charge in [-0.05, 0) is 19.5 Å². The summed E-state index contributed by atoms with van der Waals surface area (Å²) in [5, 5.41) is 4.67. The molecule has 0 unspecified atom stereocenters. The number of nitrogens with one attached hydrogen (secondary N) is 3. The topological polar surface area (TPSA) is 86.9 Å². The van der Waals surface area contributed by atoms with Crippen molar-refractivity contribution in [2.24, 2.45) is 0 Å². The minimum absolute atomic E-state index is 0.339. The zero-order valence-electron chi connectivity index (χ0n) is 11.2. The quantitative estimate of drug-likeness (QED) is 0.637. The fourth-order valence-corrected chi connectivity index (χ4v) is 4.11. The maximum absolute atomic E-state index is 12.1. The average Bonchev–Trinajstić information content (AvgIpc) is 3.06. The molecular formula is C12H18N4O2S2. The molecule has 2 aromatic rings. The third-order valence-electron chi connectivity index (χ3n) is 2.73. The number of H-pyrrole nitrogens is 1. The SMILES string of the molecule is CNCc1cc(S(=O)(=O)NCCCc2ncc[nH]2)cs1. The van der Waals surface area contributed by atoms with Crippen molar-refractivity contribution >= 4 is 21.4 Å². The summed E-state index contributed by atoms with van der Waals surface area (Å²) in [7, 11) is -1.56. The molecule has 0 saturated carbocycles. The van der Waals surface area contributed by atoms with Crippen LogP contribution in [0.25, 0.3) is 0 Å². The van der Waals surface area contributed by atoms with Crippen LogP contribution in [0.5, 0.6) is 0 Å². The molecule has 110 valence electrons. The summed E-state index contributed by atoms with van der Waals surface area (Å²) in [4.78, 5) is 8.43. The van der Waals surface area contributed by atoms with Gasteiger partial charge in [-0.15, -0.1) is 11.3 Å². The van der Waals surface area contributed by atoms with Crippen LogP contribution >= 0.6 is 11.3 Å². The summed E-state index contributed by atoms with van der Waals surface area (Å²) >= 11 is 1.44. The summed E-state index contributed by atoms with van der Waals surface area (Å²) in [6.07, 6.45) is 4.88. The second-order valence-corrected chi connectivity index (χ2v) is 7.08. The number of aromatic nitrogens is 2. The minimum atomic E-state index is -3.40. The number of hydrogen-bond acceptors (Lipinski definition) is 5. The summed E-state index contributed by atoms with van der Waals surface area (Å²) < 4.78 is 26.7. The average molecular weight is 314 g/mol. The number of rotatable bonds is 8. The van der Waals surface area contributed by atoms with Gasteiger partial charge in [0.05, 0.1) is 4.90 Å². The van der Waals surface area contributed by atoms with E-state index < -0.39 is 10.0 Å². The standard InChI is InChI=1S/C12H18N4O2S2/c1-13-8-10-7-11(9-19-10)20(17,18)16-4-2-3-12-14-5-6-15-12/h5-7,9,13,16H,2-4,8H2,1H3,(H,14,15). The van der Waals surface area contributed by atoms with E-state index in [9.17, 15) is 8.42 Å². The molecule has 0 radical (unpaired) electrons. The van der Waals surface area contributed by atoms with Crippen molar-refractivity contribution in [1.29, 1.82) is 0 Å². The molecule has 0 saturated heterocycles. The highest BCUT2D eigenvalue weighted by Gasteiger charge is 2.15. The molecule has 0 atom stereocenters. The van der Waals surface area contributed by atoms with Gasteiger partial charge < -0.3 is 10.3 Å². The van der Waals surface area contributed by atoms with Gasteiger partial charge in [0.25, 0.3) is 0 Å². The molecule has 8 heteroatoms. The summed E-state index contributed by atoms with van der Waals surface area (Å²) in [6, 6.07) is 1.70. The third kappa shape index (κ3) is 4.14. The van der Waals surface area contributed by atoms with Crippen LogP contribution < -0.4 is 10.0 Å². The first kappa shape index (κ1) is 15.2. The van der Waals surface area contributed by atoms with Crippen molar-refractivity contribution in [1.82, 2.24) is 20.0 Å². The number of hydrogen-bond donors (Lipinski definition) is 3. The maximum Gasteiger partial charge on any atom is 0.241 e. The van der Waals surface area contributed by atoms with Crippen LogP contribution in [0.2, 0.25) is 0 Å². The molecule has 0 aliphatic rings. The first-order valence-corrected chi connectivity index (χ1v) is 8.68.